The van der Waals surface area contributed by atoms with Crippen molar-refractivity contribution in [1.29, 1.82) is 0 Å². The van der Waals surface area contributed by atoms with Gasteiger partial charge >= 0.3 is 5.97 Å². The van der Waals surface area contributed by atoms with E-state index in [0.717, 1.165) is 42.3 Å². The van der Waals surface area contributed by atoms with Crippen LogP contribution in [0.15, 0.2) is 0 Å². The van der Waals surface area contributed by atoms with Gasteiger partial charge in [-0.1, -0.05) is 0 Å². The first-order valence-electron chi connectivity index (χ1n) is 8.44. The highest BCUT2D eigenvalue weighted by atomic mass is 32.2. The Bertz CT molecular complexity index is 351. The summed E-state index contributed by atoms with van der Waals surface area (Å²) in [6.07, 6.45) is 7.72. The molecule has 3 nitrogen and oxygen atoms in total. The van der Waals surface area contributed by atoms with Crippen molar-refractivity contribution in [2.75, 3.05) is 24.7 Å². The van der Waals surface area contributed by atoms with Crippen LogP contribution in [-0.2, 0) is 9.53 Å². The van der Waals surface area contributed by atoms with Gasteiger partial charge in [-0.05, 0) is 75.3 Å². The normalized spacial score (nSPS) is 25.0. The molecule has 0 atom stereocenters. The molecule has 1 saturated heterocycles. The maximum atomic E-state index is 12.4. The Balaban J connectivity index is 1.52. The molecule has 0 aromatic heterocycles. The average molecular weight is 330 g/mol. The highest BCUT2D eigenvalue weighted by molar-refractivity contribution is 8.19. The van der Waals surface area contributed by atoms with Crippen molar-refractivity contribution in [3.8, 4) is 0 Å². The number of thioether (sulfide) groups is 2. The lowest BCUT2D eigenvalue weighted by molar-refractivity contribution is -0.143. The Morgan fingerprint density at radius 3 is 2.38 bits per heavy atom. The highest BCUT2D eigenvalue weighted by Gasteiger charge is 2.44. The fraction of sp³-hybridized carbons (Fsp3) is 0.938. The second kappa shape index (κ2) is 7.14. The molecule has 21 heavy (non-hydrogen) atoms. The molecule has 0 unspecified atom stereocenters. The molecule has 5 heteroatoms. The minimum absolute atomic E-state index is 0.00380. The predicted octanol–water partition coefficient (Wildman–Crippen LogP) is 3.28. The van der Waals surface area contributed by atoms with Gasteiger partial charge in [-0.15, -0.1) is 23.5 Å². The minimum atomic E-state index is -0.348. The molecule has 1 N–H and O–H groups in total. The van der Waals surface area contributed by atoms with Crippen LogP contribution in [0.25, 0.3) is 0 Å². The molecule has 3 fully saturated rings. The van der Waals surface area contributed by atoms with Crippen molar-refractivity contribution in [3.05, 3.63) is 0 Å². The zero-order valence-corrected chi connectivity index (χ0v) is 14.6. The van der Waals surface area contributed by atoms with Gasteiger partial charge in [0, 0.05) is 6.04 Å². The van der Waals surface area contributed by atoms with Crippen LogP contribution in [0.4, 0.5) is 0 Å². The van der Waals surface area contributed by atoms with Gasteiger partial charge in [-0.3, -0.25) is 0 Å². The molecule has 0 spiro atoms. The van der Waals surface area contributed by atoms with Gasteiger partial charge in [0.05, 0.1) is 6.61 Å². The quantitative estimate of drug-likeness (QED) is 0.692. The second-order valence-electron chi connectivity index (χ2n) is 6.43. The third kappa shape index (κ3) is 4.11. The van der Waals surface area contributed by atoms with E-state index in [9.17, 15) is 4.79 Å². The zero-order chi connectivity index (χ0) is 14.7. The summed E-state index contributed by atoms with van der Waals surface area (Å²) in [5, 5.41) is 3.78. The van der Waals surface area contributed by atoms with Crippen LogP contribution in [-0.4, -0.2) is 40.7 Å². The first kappa shape index (κ1) is 16.0. The third-order valence-corrected chi connectivity index (χ3v) is 8.01. The highest BCUT2D eigenvalue weighted by Crippen LogP contribution is 2.47. The molecule has 120 valence electrons. The molecule has 1 heterocycles. The number of nitrogens with one attached hydrogen (secondary N) is 1. The van der Waals surface area contributed by atoms with E-state index in [1.54, 1.807) is 23.5 Å². The molecular formula is C16H27NO2S2. The van der Waals surface area contributed by atoms with Crippen LogP contribution in [0.2, 0.25) is 0 Å². The number of rotatable bonds is 8. The summed E-state index contributed by atoms with van der Waals surface area (Å²) in [7, 11) is 0. The summed E-state index contributed by atoms with van der Waals surface area (Å²) >= 11 is 3.61. The second-order valence-corrected chi connectivity index (χ2v) is 9.47. The number of hydrogen-bond donors (Lipinski definition) is 1. The fourth-order valence-electron chi connectivity index (χ4n) is 3.21. The van der Waals surface area contributed by atoms with Crippen molar-refractivity contribution < 1.29 is 9.53 Å². The van der Waals surface area contributed by atoms with Crippen LogP contribution in [0, 0.1) is 11.8 Å². The van der Waals surface area contributed by atoms with E-state index < -0.39 is 0 Å². The summed E-state index contributed by atoms with van der Waals surface area (Å²) in [6, 6.07) is 0.725. The van der Waals surface area contributed by atoms with Gasteiger partial charge < -0.3 is 10.1 Å². The maximum Gasteiger partial charge on any atom is 0.332 e. The lowest BCUT2D eigenvalue weighted by Crippen LogP contribution is -2.42. The van der Waals surface area contributed by atoms with E-state index in [4.69, 9.17) is 4.74 Å². The maximum absolute atomic E-state index is 12.4. The summed E-state index contributed by atoms with van der Waals surface area (Å²) in [6.45, 7) is 3.34. The van der Waals surface area contributed by atoms with E-state index >= 15 is 0 Å². The molecule has 3 aliphatic rings. The number of hydrogen-bond acceptors (Lipinski definition) is 5. The number of carbonyl (C=O) groups excluding carboxylic acids is 1. The van der Waals surface area contributed by atoms with Gasteiger partial charge in [-0.25, -0.2) is 4.79 Å². The largest absolute Gasteiger partial charge is 0.464 e. The Kier molecular flexibility index (Phi) is 5.44. The van der Waals surface area contributed by atoms with Crippen molar-refractivity contribution in [2.45, 2.75) is 55.6 Å². The van der Waals surface area contributed by atoms with Crippen LogP contribution < -0.4 is 5.32 Å². The zero-order valence-electron chi connectivity index (χ0n) is 12.9. The standard InChI is InChI=1S/C16H27NO2S2/c1-2-19-15(18)16(20-10-3-11-21-16)8-9-17-14(12-4-5-12)13-6-7-13/h12-14,17H,2-11H2,1H3. The van der Waals surface area contributed by atoms with Crippen LogP contribution >= 0.6 is 23.5 Å². The third-order valence-electron chi connectivity index (χ3n) is 4.64. The van der Waals surface area contributed by atoms with Crippen molar-refractivity contribution in [1.82, 2.24) is 5.32 Å². The van der Waals surface area contributed by atoms with Crippen LogP contribution in [0.5, 0.6) is 0 Å². The SMILES string of the molecule is CCOC(=O)C1(CCNC(C2CC2)C2CC2)SCCCS1. The number of carbonyl (C=O) groups is 1. The lowest BCUT2D eigenvalue weighted by Gasteiger charge is -2.34. The topological polar surface area (TPSA) is 38.3 Å². The first-order valence-corrected chi connectivity index (χ1v) is 10.4. The Morgan fingerprint density at radius 2 is 1.86 bits per heavy atom. The average Bonchev–Trinajstić information content (AvgIpc) is 3.39. The molecule has 0 amide bonds. The van der Waals surface area contributed by atoms with Gasteiger partial charge in [0.2, 0.25) is 0 Å². The molecule has 2 aliphatic carbocycles. The van der Waals surface area contributed by atoms with Crippen LogP contribution in [0.3, 0.4) is 0 Å². The molecule has 3 rings (SSSR count). The summed E-state index contributed by atoms with van der Waals surface area (Å²) in [4.78, 5) is 12.4. The Morgan fingerprint density at radius 1 is 1.24 bits per heavy atom. The van der Waals surface area contributed by atoms with Crippen molar-refractivity contribution in [3.63, 3.8) is 0 Å². The Labute approximate surface area is 136 Å². The van der Waals surface area contributed by atoms with Gasteiger partial charge in [0.1, 0.15) is 0 Å². The monoisotopic (exact) mass is 329 g/mol. The minimum Gasteiger partial charge on any atom is -0.464 e. The summed E-state index contributed by atoms with van der Waals surface area (Å²) < 4.78 is 5.01. The summed E-state index contributed by atoms with van der Waals surface area (Å²) in [5.74, 6) is 4.00. The number of esters is 1. The molecule has 0 aromatic carbocycles. The van der Waals surface area contributed by atoms with Gasteiger partial charge in [-0.2, -0.15) is 0 Å². The molecule has 2 saturated carbocycles. The molecule has 0 radical (unpaired) electrons. The molecule has 1 aliphatic heterocycles. The lowest BCUT2D eigenvalue weighted by atomic mass is 10.1. The molecule has 0 bridgehead atoms. The fourth-order valence-corrected chi connectivity index (χ4v) is 6.31. The van der Waals surface area contributed by atoms with Gasteiger partial charge in [0.15, 0.2) is 4.08 Å². The van der Waals surface area contributed by atoms with Crippen molar-refractivity contribution in [2.24, 2.45) is 11.8 Å². The van der Waals surface area contributed by atoms with Crippen LogP contribution in [0.1, 0.15) is 45.4 Å². The Hall–Kier alpha value is 0.130. The number of ether oxygens (including phenoxy) is 1. The summed E-state index contributed by atoms with van der Waals surface area (Å²) in [5.41, 5.74) is 0. The smallest absolute Gasteiger partial charge is 0.332 e. The van der Waals surface area contributed by atoms with Gasteiger partial charge in [0.25, 0.3) is 0 Å². The van der Waals surface area contributed by atoms with Crippen molar-refractivity contribution >= 4 is 29.5 Å². The molecule has 0 aromatic rings. The van der Waals surface area contributed by atoms with E-state index in [-0.39, 0.29) is 10.0 Å². The van der Waals surface area contributed by atoms with E-state index in [1.165, 1.54) is 32.1 Å². The first-order chi connectivity index (χ1) is 10.2. The van der Waals surface area contributed by atoms with E-state index in [2.05, 4.69) is 5.32 Å². The predicted molar refractivity (Wildman–Crippen MR) is 90.8 cm³/mol. The van der Waals surface area contributed by atoms with E-state index in [1.807, 2.05) is 6.92 Å². The van der Waals surface area contributed by atoms with E-state index in [0.29, 0.717) is 6.61 Å². The molecular weight excluding hydrogens is 302 g/mol.